The number of nitro groups is 1. The highest BCUT2D eigenvalue weighted by Gasteiger charge is 2.21. The van der Waals surface area contributed by atoms with Gasteiger partial charge < -0.3 is 9.13 Å². The van der Waals surface area contributed by atoms with Crippen LogP contribution in [-0.2, 0) is 14.1 Å². The summed E-state index contributed by atoms with van der Waals surface area (Å²) in [5.74, 6) is 0. The van der Waals surface area contributed by atoms with Crippen molar-refractivity contribution in [2.45, 2.75) is 0 Å². The first-order chi connectivity index (χ1) is 8.09. The number of hydrogen-bond acceptors (Lipinski definition) is 4. The molecule has 3 rings (SSSR count). The van der Waals surface area contributed by atoms with Crippen molar-refractivity contribution in [3.05, 3.63) is 28.8 Å². The molecule has 0 fully saturated rings. The molecule has 0 radical (unpaired) electrons. The number of hydrogen-bond donors (Lipinski definition) is 0. The molecule has 0 saturated carbocycles. The van der Waals surface area contributed by atoms with E-state index in [-0.39, 0.29) is 5.69 Å². The Morgan fingerprint density at radius 3 is 2.53 bits per heavy atom. The molecule has 0 bridgehead atoms. The SMILES string of the molecule is Cn1cnc2c3ncn(C)c3c([N+](=O)[O-])cc21. The van der Waals surface area contributed by atoms with Crippen molar-refractivity contribution >= 4 is 27.8 Å². The van der Waals surface area contributed by atoms with Crippen molar-refractivity contribution < 1.29 is 4.92 Å². The third-order valence-corrected chi connectivity index (χ3v) is 2.86. The maximum atomic E-state index is 11.1. The summed E-state index contributed by atoms with van der Waals surface area (Å²) in [5, 5.41) is 11.1. The average Bonchev–Trinajstić information content (AvgIpc) is 2.83. The molecule has 3 aromatic rings. The van der Waals surface area contributed by atoms with Crippen LogP contribution in [0.4, 0.5) is 5.69 Å². The van der Waals surface area contributed by atoms with E-state index in [1.54, 1.807) is 35.9 Å². The molecule has 0 spiro atoms. The van der Waals surface area contributed by atoms with Gasteiger partial charge in [-0.05, 0) is 0 Å². The van der Waals surface area contributed by atoms with Gasteiger partial charge in [0, 0.05) is 20.2 Å². The molecular weight excluding hydrogens is 222 g/mol. The predicted octanol–water partition coefficient (Wildman–Crippen LogP) is 1.37. The van der Waals surface area contributed by atoms with Gasteiger partial charge in [0.15, 0.2) is 0 Å². The summed E-state index contributed by atoms with van der Waals surface area (Å²) >= 11 is 0. The van der Waals surface area contributed by atoms with Crippen LogP contribution in [0.2, 0.25) is 0 Å². The predicted molar refractivity (Wildman–Crippen MR) is 61.6 cm³/mol. The first-order valence-corrected chi connectivity index (χ1v) is 4.99. The standard InChI is InChI=1S/C10H9N5O2/c1-13-4-11-8-6(13)3-7(15(16)17)10-9(8)12-5-14(10)2/h3-5H,1-2H3. The largest absolute Gasteiger partial charge is 0.333 e. The smallest absolute Gasteiger partial charge is 0.297 e. The fourth-order valence-electron chi connectivity index (χ4n) is 2.03. The fraction of sp³-hybridized carbons (Fsp3) is 0.200. The summed E-state index contributed by atoms with van der Waals surface area (Å²) < 4.78 is 3.39. The van der Waals surface area contributed by atoms with Gasteiger partial charge in [-0.3, -0.25) is 10.1 Å². The highest BCUT2D eigenvalue weighted by molar-refractivity contribution is 6.05. The van der Waals surface area contributed by atoms with Crippen molar-refractivity contribution in [1.29, 1.82) is 0 Å². The highest BCUT2D eigenvalue weighted by Crippen LogP contribution is 2.30. The van der Waals surface area contributed by atoms with Crippen LogP contribution >= 0.6 is 0 Å². The van der Waals surface area contributed by atoms with Crippen LogP contribution in [0.1, 0.15) is 0 Å². The second kappa shape index (κ2) is 3.03. The third kappa shape index (κ3) is 1.16. The quantitative estimate of drug-likeness (QED) is 0.468. The summed E-state index contributed by atoms with van der Waals surface area (Å²) in [5.41, 5.74) is 2.52. The van der Waals surface area contributed by atoms with E-state index < -0.39 is 4.92 Å². The van der Waals surface area contributed by atoms with Crippen LogP contribution < -0.4 is 0 Å². The fourth-order valence-corrected chi connectivity index (χ4v) is 2.03. The summed E-state index contributed by atoms with van der Waals surface area (Å²) in [7, 11) is 3.53. The van der Waals surface area contributed by atoms with E-state index in [2.05, 4.69) is 9.97 Å². The van der Waals surface area contributed by atoms with Gasteiger partial charge in [-0.2, -0.15) is 0 Å². The maximum Gasteiger partial charge on any atom is 0.297 e. The van der Waals surface area contributed by atoms with E-state index in [1.165, 1.54) is 6.07 Å². The number of nitrogens with zero attached hydrogens (tertiary/aromatic N) is 5. The van der Waals surface area contributed by atoms with Gasteiger partial charge in [0.25, 0.3) is 5.69 Å². The summed E-state index contributed by atoms with van der Waals surface area (Å²) in [4.78, 5) is 19.1. The molecule has 17 heavy (non-hydrogen) atoms. The Morgan fingerprint density at radius 1 is 1.18 bits per heavy atom. The van der Waals surface area contributed by atoms with Crippen LogP contribution in [0.3, 0.4) is 0 Å². The number of aryl methyl sites for hydroxylation is 2. The minimum atomic E-state index is -0.392. The zero-order valence-electron chi connectivity index (χ0n) is 9.28. The van der Waals surface area contributed by atoms with Crippen molar-refractivity contribution in [1.82, 2.24) is 19.1 Å². The Labute approximate surface area is 95.5 Å². The Bertz CT molecular complexity index is 755. The van der Waals surface area contributed by atoms with Crippen molar-refractivity contribution in [2.24, 2.45) is 14.1 Å². The molecule has 86 valence electrons. The van der Waals surface area contributed by atoms with Gasteiger partial charge in [-0.25, -0.2) is 9.97 Å². The molecule has 0 aliphatic heterocycles. The molecule has 7 heteroatoms. The van der Waals surface area contributed by atoms with Crippen LogP contribution in [0.5, 0.6) is 0 Å². The van der Waals surface area contributed by atoms with E-state index in [0.717, 1.165) is 0 Å². The Hall–Kier alpha value is -2.44. The van der Waals surface area contributed by atoms with Gasteiger partial charge in [0.2, 0.25) is 0 Å². The number of rotatable bonds is 1. The first-order valence-electron chi connectivity index (χ1n) is 4.99. The summed E-state index contributed by atoms with van der Waals surface area (Å²) in [6.45, 7) is 0. The van der Waals surface area contributed by atoms with Gasteiger partial charge in [0.1, 0.15) is 16.6 Å². The van der Waals surface area contributed by atoms with Gasteiger partial charge in [-0.1, -0.05) is 0 Å². The van der Waals surface area contributed by atoms with Gasteiger partial charge in [-0.15, -0.1) is 0 Å². The number of fused-ring (bicyclic) bond motifs is 3. The van der Waals surface area contributed by atoms with Crippen LogP contribution in [0.15, 0.2) is 18.7 Å². The molecule has 0 unspecified atom stereocenters. The van der Waals surface area contributed by atoms with Crippen molar-refractivity contribution in [2.75, 3.05) is 0 Å². The van der Waals surface area contributed by atoms with Crippen LogP contribution in [0, 0.1) is 10.1 Å². The monoisotopic (exact) mass is 231 g/mol. The second-order valence-corrected chi connectivity index (χ2v) is 3.93. The Balaban J connectivity index is 2.62. The van der Waals surface area contributed by atoms with Crippen molar-refractivity contribution in [3.63, 3.8) is 0 Å². The van der Waals surface area contributed by atoms with Crippen molar-refractivity contribution in [3.8, 4) is 0 Å². The lowest BCUT2D eigenvalue weighted by atomic mass is 10.2. The summed E-state index contributed by atoms with van der Waals surface area (Å²) in [6.07, 6.45) is 3.19. The second-order valence-electron chi connectivity index (χ2n) is 3.93. The number of nitro benzene ring substituents is 1. The maximum absolute atomic E-state index is 11.1. The molecule has 0 atom stereocenters. The van der Waals surface area contributed by atoms with Crippen LogP contribution in [0.25, 0.3) is 22.1 Å². The lowest BCUT2D eigenvalue weighted by Crippen LogP contribution is -1.95. The Morgan fingerprint density at radius 2 is 1.82 bits per heavy atom. The molecule has 0 amide bonds. The van der Waals surface area contributed by atoms with Gasteiger partial charge in [0.05, 0.1) is 23.1 Å². The average molecular weight is 231 g/mol. The molecule has 2 aromatic heterocycles. The summed E-state index contributed by atoms with van der Waals surface area (Å²) in [6, 6.07) is 1.53. The van der Waals surface area contributed by atoms with Gasteiger partial charge >= 0.3 is 0 Å². The molecule has 0 N–H and O–H groups in total. The van der Waals surface area contributed by atoms with E-state index in [0.29, 0.717) is 22.1 Å². The molecular formula is C10H9N5O2. The molecule has 0 saturated heterocycles. The topological polar surface area (TPSA) is 78.8 Å². The lowest BCUT2D eigenvalue weighted by Gasteiger charge is -1.99. The number of aromatic nitrogens is 4. The van der Waals surface area contributed by atoms with E-state index in [9.17, 15) is 10.1 Å². The molecule has 0 aliphatic rings. The Kier molecular flexibility index (Phi) is 1.74. The zero-order valence-corrected chi connectivity index (χ0v) is 9.28. The molecule has 0 aliphatic carbocycles. The minimum Gasteiger partial charge on any atom is -0.333 e. The van der Waals surface area contributed by atoms with E-state index >= 15 is 0 Å². The highest BCUT2D eigenvalue weighted by atomic mass is 16.6. The van der Waals surface area contributed by atoms with E-state index in [1.807, 2.05) is 0 Å². The normalized spacial score (nSPS) is 11.4. The number of imidazole rings is 2. The number of benzene rings is 1. The lowest BCUT2D eigenvalue weighted by molar-refractivity contribution is -0.383. The first kappa shape index (κ1) is 9.76. The number of non-ortho nitro benzene ring substituents is 1. The third-order valence-electron chi connectivity index (χ3n) is 2.86. The zero-order chi connectivity index (χ0) is 12.2. The van der Waals surface area contributed by atoms with E-state index in [4.69, 9.17) is 0 Å². The van der Waals surface area contributed by atoms with Crippen LogP contribution in [-0.4, -0.2) is 24.0 Å². The molecule has 2 heterocycles. The minimum absolute atomic E-state index is 0.0519. The molecule has 1 aromatic carbocycles. The molecule has 7 nitrogen and oxygen atoms in total.